The van der Waals surface area contributed by atoms with E-state index in [0.717, 1.165) is 17.1 Å². The Morgan fingerprint density at radius 3 is 2.55 bits per heavy atom. The molecule has 0 unspecified atom stereocenters. The third kappa shape index (κ3) is 4.90. The van der Waals surface area contributed by atoms with Crippen molar-refractivity contribution in [2.75, 3.05) is 13.6 Å². The lowest BCUT2D eigenvalue weighted by Gasteiger charge is -2.12. The van der Waals surface area contributed by atoms with Crippen molar-refractivity contribution in [1.82, 2.24) is 10.6 Å². The van der Waals surface area contributed by atoms with Crippen molar-refractivity contribution in [2.45, 2.75) is 19.9 Å². The van der Waals surface area contributed by atoms with E-state index in [-0.39, 0.29) is 5.91 Å². The van der Waals surface area contributed by atoms with Crippen molar-refractivity contribution in [3.8, 4) is 11.5 Å². The maximum Gasteiger partial charge on any atom is 0.221 e. The number of carbonyl (C=O) groups is 1. The van der Waals surface area contributed by atoms with E-state index in [0.29, 0.717) is 19.5 Å². The molecule has 0 saturated carbocycles. The van der Waals surface area contributed by atoms with Crippen LogP contribution in [0.1, 0.15) is 17.5 Å². The van der Waals surface area contributed by atoms with Gasteiger partial charge in [0.2, 0.25) is 5.91 Å². The molecule has 0 heterocycles. The fraction of sp³-hybridized carbons (Fsp3) is 0.278. The van der Waals surface area contributed by atoms with Gasteiger partial charge in [0.15, 0.2) is 0 Å². The molecule has 0 aliphatic heterocycles. The first-order valence-corrected chi connectivity index (χ1v) is 7.43. The summed E-state index contributed by atoms with van der Waals surface area (Å²) in [4.78, 5) is 11.7. The second-order valence-corrected chi connectivity index (χ2v) is 5.15. The number of carbonyl (C=O) groups excluding carboxylic acids is 1. The molecule has 4 nitrogen and oxygen atoms in total. The van der Waals surface area contributed by atoms with Gasteiger partial charge in [0.1, 0.15) is 11.5 Å². The van der Waals surface area contributed by atoms with Crippen molar-refractivity contribution in [1.29, 1.82) is 0 Å². The number of benzene rings is 2. The smallest absolute Gasteiger partial charge is 0.221 e. The highest BCUT2D eigenvalue weighted by atomic mass is 16.5. The Labute approximate surface area is 131 Å². The molecule has 2 aromatic carbocycles. The standard InChI is InChI=1S/C18H22N2O2/c1-14-7-9-16(10-8-14)22-17-6-4-3-5-15(17)13-20-18(21)11-12-19-2/h3-10,19H,11-13H2,1-2H3,(H,20,21). The van der Waals surface area contributed by atoms with Gasteiger partial charge in [-0.3, -0.25) is 4.79 Å². The zero-order chi connectivity index (χ0) is 15.8. The number of aryl methyl sites for hydroxylation is 1. The van der Waals surface area contributed by atoms with E-state index >= 15 is 0 Å². The lowest BCUT2D eigenvalue weighted by molar-refractivity contribution is -0.121. The minimum atomic E-state index is 0.0273. The Bertz CT molecular complexity index is 609. The molecule has 0 aliphatic rings. The largest absolute Gasteiger partial charge is 0.457 e. The summed E-state index contributed by atoms with van der Waals surface area (Å²) in [5, 5.41) is 5.87. The number of hydrogen-bond donors (Lipinski definition) is 2. The van der Waals surface area contributed by atoms with Crippen LogP contribution >= 0.6 is 0 Å². The Kier molecular flexibility index (Phi) is 5.98. The summed E-state index contributed by atoms with van der Waals surface area (Å²) >= 11 is 0. The molecule has 0 spiro atoms. The number of hydrogen-bond acceptors (Lipinski definition) is 3. The lowest BCUT2D eigenvalue weighted by Crippen LogP contribution is -2.26. The molecule has 116 valence electrons. The van der Waals surface area contributed by atoms with Gasteiger partial charge in [-0.1, -0.05) is 35.9 Å². The summed E-state index contributed by atoms with van der Waals surface area (Å²) < 4.78 is 5.91. The predicted molar refractivity (Wildman–Crippen MR) is 88.1 cm³/mol. The van der Waals surface area contributed by atoms with Crippen molar-refractivity contribution >= 4 is 5.91 Å². The number of para-hydroxylation sites is 1. The van der Waals surface area contributed by atoms with Crippen LogP contribution in [0.25, 0.3) is 0 Å². The molecule has 0 bridgehead atoms. The van der Waals surface area contributed by atoms with Crippen LogP contribution in [0.3, 0.4) is 0 Å². The molecule has 0 aromatic heterocycles. The highest BCUT2D eigenvalue weighted by Crippen LogP contribution is 2.25. The van der Waals surface area contributed by atoms with Crippen molar-refractivity contribution in [2.24, 2.45) is 0 Å². The van der Waals surface area contributed by atoms with E-state index in [2.05, 4.69) is 10.6 Å². The average molecular weight is 298 g/mol. The Morgan fingerprint density at radius 1 is 1.09 bits per heavy atom. The molecular formula is C18H22N2O2. The summed E-state index contributed by atoms with van der Waals surface area (Å²) in [5.41, 5.74) is 2.15. The summed E-state index contributed by atoms with van der Waals surface area (Å²) in [6.45, 7) is 3.18. The van der Waals surface area contributed by atoms with Crippen LogP contribution in [0.5, 0.6) is 11.5 Å². The maximum absolute atomic E-state index is 11.7. The Hall–Kier alpha value is -2.33. The number of amides is 1. The molecule has 1 amide bonds. The van der Waals surface area contributed by atoms with Crippen molar-refractivity contribution in [3.05, 3.63) is 59.7 Å². The van der Waals surface area contributed by atoms with E-state index in [1.807, 2.05) is 62.5 Å². The van der Waals surface area contributed by atoms with Gasteiger partial charge in [-0.25, -0.2) is 0 Å². The van der Waals surface area contributed by atoms with Crippen molar-refractivity contribution < 1.29 is 9.53 Å². The SMILES string of the molecule is CNCCC(=O)NCc1ccccc1Oc1ccc(C)cc1. The molecular weight excluding hydrogens is 276 g/mol. The van der Waals surface area contributed by atoms with Gasteiger partial charge in [0.05, 0.1) is 0 Å². The average Bonchev–Trinajstić information content (AvgIpc) is 2.54. The van der Waals surface area contributed by atoms with Gasteiger partial charge >= 0.3 is 0 Å². The van der Waals surface area contributed by atoms with E-state index in [1.165, 1.54) is 5.56 Å². The molecule has 4 heteroatoms. The molecule has 0 atom stereocenters. The summed E-state index contributed by atoms with van der Waals surface area (Å²) in [7, 11) is 1.83. The van der Waals surface area contributed by atoms with E-state index < -0.39 is 0 Å². The normalized spacial score (nSPS) is 10.3. The zero-order valence-corrected chi connectivity index (χ0v) is 13.1. The minimum absolute atomic E-state index is 0.0273. The third-order valence-corrected chi connectivity index (χ3v) is 3.30. The fourth-order valence-corrected chi connectivity index (χ4v) is 2.00. The fourth-order valence-electron chi connectivity index (χ4n) is 2.00. The predicted octanol–water partition coefficient (Wildman–Crippen LogP) is 3.01. The van der Waals surface area contributed by atoms with Crippen LogP contribution in [-0.2, 0) is 11.3 Å². The first-order valence-electron chi connectivity index (χ1n) is 7.43. The van der Waals surface area contributed by atoms with Gasteiger partial charge in [-0.15, -0.1) is 0 Å². The summed E-state index contributed by atoms with van der Waals surface area (Å²) in [6, 6.07) is 15.6. The van der Waals surface area contributed by atoms with Gasteiger partial charge < -0.3 is 15.4 Å². The van der Waals surface area contributed by atoms with E-state index in [1.54, 1.807) is 0 Å². The quantitative estimate of drug-likeness (QED) is 0.826. The first kappa shape index (κ1) is 16.0. The van der Waals surface area contributed by atoms with Crippen LogP contribution in [0.2, 0.25) is 0 Å². The second-order valence-electron chi connectivity index (χ2n) is 5.15. The minimum Gasteiger partial charge on any atom is -0.457 e. The first-order chi connectivity index (χ1) is 10.7. The Morgan fingerprint density at radius 2 is 1.82 bits per heavy atom. The van der Waals surface area contributed by atoms with Crippen LogP contribution in [0.15, 0.2) is 48.5 Å². The van der Waals surface area contributed by atoms with Crippen LogP contribution in [0.4, 0.5) is 0 Å². The van der Waals surface area contributed by atoms with Crippen LogP contribution in [0, 0.1) is 6.92 Å². The third-order valence-electron chi connectivity index (χ3n) is 3.30. The molecule has 2 aromatic rings. The topological polar surface area (TPSA) is 50.4 Å². The van der Waals surface area contributed by atoms with Crippen molar-refractivity contribution in [3.63, 3.8) is 0 Å². The second kappa shape index (κ2) is 8.20. The highest BCUT2D eigenvalue weighted by Gasteiger charge is 2.06. The van der Waals surface area contributed by atoms with Gasteiger partial charge in [-0.2, -0.15) is 0 Å². The number of nitrogens with one attached hydrogen (secondary N) is 2. The highest BCUT2D eigenvalue weighted by molar-refractivity contribution is 5.76. The molecule has 0 radical (unpaired) electrons. The van der Waals surface area contributed by atoms with Gasteiger partial charge in [-0.05, 0) is 32.2 Å². The monoisotopic (exact) mass is 298 g/mol. The molecule has 0 saturated heterocycles. The summed E-state index contributed by atoms with van der Waals surface area (Å²) in [5.74, 6) is 1.58. The van der Waals surface area contributed by atoms with Gasteiger partial charge in [0.25, 0.3) is 0 Å². The van der Waals surface area contributed by atoms with E-state index in [4.69, 9.17) is 4.74 Å². The number of ether oxygens (including phenoxy) is 1. The zero-order valence-electron chi connectivity index (χ0n) is 13.1. The van der Waals surface area contributed by atoms with Crippen LogP contribution in [-0.4, -0.2) is 19.5 Å². The lowest BCUT2D eigenvalue weighted by atomic mass is 10.2. The van der Waals surface area contributed by atoms with E-state index in [9.17, 15) is 4.79 Å². The van der Waals surface area contributed by atoms with Gasteiger partial charge in [0, 0.05) is 25.1 Å². The maximum atomic E-state index is 11.7. The number of rotatable bonds is 7. The molecule has 22 heavy (non-hydrogen) atoms. The molecule has 2 rings (SSSR count). The summed E-state index contributed by atoms with van der Waals surface area (Å²) in [6.07, 6.45) is 0.470. The molecule has 0 fully saturated rings. The Balaban J connectivity index is 2.00. The molecule has 0 aliphatic carbocycles. The molecule has 2 N–H and O–H groups in total. The van der Waals surface area contributed by atoms with Crippen LogP contribution < -0.4 is 15.4 Å².